The molecule has 0 aromatic heterocycles. The van der Waals surface area contributed by atoms with Crippen molar-refractivity contribution in [2.24, 2.45) is 5.92 Å². The maximum Gasteiger partial charge on any atom is 0.122 e. The van der Waals surface area contributed by atoms with Crippen molar-refractivity contribution in [3.05, 3.63) is 29.8 Å². The first-order valence-electron chi connectivity index (χ1n) is 8.56. The molecule has 3 heteroatoms. The van der Waals surface area contributed by atoms with Crippen LogP contribution < -0.4 is 10.1 Å². The van der Waals surface area contributed by atoms with E-state index in [1.807, 2.05) is 0 Å². The number of hydrogen-bond donors (Lipinski definition) is 1. The van der Waals surface area contributed by atoms with Gasteiger partial charge in [0.25, 0.3) is 0 Å². The lowest BCUT2D eigenvalue weighted by Gasteiger charge is -2.31. The molecule has 0 radical (unpaired) electrons. The van der Waals surface area contributed by atoms with E-state index < -0.39 is 0 Å². The van der Waals surface area contributed by atoms with E-state index in [4.69, 9.17) is 4.74 Å². The molecule has 3 aliphatic rings. The highest BCUT2D eigenvalue weighted by molar-refractivity contribution is 5.39. The minimum atomic E-state index is 0.573. The van der Waals surface area contributed by atoms with Crippen LogP contribution in [0, 0.1) is 5.92 Å². The highest BCUT2D eigenvalue weighted by Gasteiger charge is 2.34. The Kier molecular flexibility index (Phi) is 3.87. The largest absolute Gasteiger partial charge is 0.493 e. The van der Waals surface area contributed by atoms with E-state index in [1.54, 1.807) is 0 Å². The van der Waals surface area contributed by atoms with Gasteiger partial charge in [0.2, 0.25) is 0 Å². The van der Waals surface area contributed by atoms with Crippen molar-refractivity contribution in [1.82, 2.24) is 10.2 Å². The normalized spacial score (nSPS) is 25.9. The molecule has 1 aromatic rings. The lowest BCUT2D eigenvalue weighted by atomic mass is 9.95. The summed E-state index contributed by atoms with van der Waals surface area (Å²) < 4.78 is 5.87. The fourth-order valence-electron chi connectivity index (χ4n) is 3.87. The van der Waals surface area contributed by atoms with E-state index in [0.29, 0.717) is 5.92 Å². The summed E-state index contributed by atoms with van der Waals surface area (Å²) in [4.78, 5) is 2.77. The number of nitrogens with one attached hydrogen (secondary N) is 1. The summed E-state index contributed by atoms with van der Waals surface area (Å²) in [5.74, 6) is 2.58. The summed E-state index contributed by atoms with van der Waals surface area (Å²) in [6.07, 6.45) is 5.50. The second kappa shape index (κ2) is 5.98. The van der Waals surface area contributed by atoms with Gasteiger partial charge in [-0.3, -0.25) is 4.90 Å². The number of nitrogens with zero attached hydrogens (tertiary/aromatic N) is 1. The molecule has 2 heterocycles. The molecule has 1 aromatic carbocycles. The van der Waals surface area contributed by atoms with Crippen molar-refractivity contribution in [2.75, 3.05) is 32.8 Å². The molecule has 1 N–H and O–H groups in total. The minimum absolute atomic E-state index is 0.573. The molecule has 0 spiro atoms. The molecule has 114 valence electrons. The Hall–Kier alpha value is -1.06. The summed E-state index contributed by atoms with van der Waals surface area (Å²) in [7, 11) is 0. The van der Waals surface area contributed by atoms with Crippen molar-refractivity contribution < 1.29 is 4.74 Å². The fraction of sp³-hybridized carbons (Fsp3) is 0.667. The molecule has 0 bridgehead atoms. The first kappa shape index (κ1) is 13.6. The number of hydrogen-bond acceptors (Lipinski definition) is 3. The van der Waals surface area contributed by atoms with Crippen molar-refractivity contribution in [3.8, 4) is 5.75 Å². The highest BCUT2D eigenvalue weighted by Crippen LogP contribution is 2.37. The molecule has 1 atom stereocenters. The van der Waals surface area contributed by atoms with Crippen LogP contribution in [0.25, 0.3) is 0 Å². The third kappa shape index (κ3) is 3.09. The first-order chi connectivity index (χ1) is 10.4. The van der Waals surface area contributed by atoms with Gasteiger partial charge in [-0.25, -0.2) is 0 Å². The van der Waals surface area contributed by atoms with Gasteiger partial charge in [0.1, 0.15) is 5.75 Å². The SMILES string of the molecule is c1ccc2c(c1)OCC2CN(CC1CCNCC1)C1CC1. The molecule has 0 amide bonds. The monoisotopic (exact) mass is 286 g/mol. The van der Waals surface area contributed by atoms with Crippen LogP contribution in [0.15, 0.2) is 24.3 Å². The summed E-state index contributed by atoms with van der Waals surface area (Å²) in [5, 5.41) is 3.48. The van der Waals surface area contributed by atoms with Crippen LogP contribution in [-0.2, 0) is 0 Å². The van der Waals surface area contributed by atoms with Gasteiger partial charge < -0.3 is 10.1 Å². The Labute approximate surface area is 127 Å². The Morgan fingerprint density at radius 3 is 2.67 bits per heavy atom. The Balaban J connectivity index is 1.41. The highest BCUT2D eigenvalue weighted by atomic mass is 16.5. The van der Waals surface area contributed by atoms with Gasteiger partial charge in [-0.15, -0.1) is 0 Å². The van der Waals surface area contributed by atoms with Crippen LogP contribution >= 0.6 is 0 Å². The molecule has 21 heavy (non-hydrogen) atoms. The van der Waals surface area contributed by atoms with Crippen LogP contribution in [0.3, 0.4) is 0 Å². The molecular formula is C18H26N2O. The van der Waals surface area contributed by atoms with Crippen molar-refractivity contribution in [1.29, 1.82) is 0 Å². The van der Waals surface area contributed by atoms with E-state index in [0.717, 1.165) is 24.3 Å². The van der Waals surface area contributed by atoms with Crippen molar-refractivity contribution >= 4 is 0 Å². The summed E-state index contributed by atoms with van der Waals surface area (Å²) >= 11 is 0. The van der Waals surface area contributed by atoms with Crippen LogP contribution in [-0.4, -0.2) is 43.7 Å². The standard InChI is InChI=1S/C18H26N2O/c1-2-4-18-17(3-1)15(13-21-18)12-20(16-5-6-16)11-14-7-9-19-10-8-14/h1-4,14-16,19H,5-13H2. The number of fused-ring (bicyclic) bond motifs is 1. The summed E-state index contributed by atoms with van der Waals surface area (Å²) in [6.45, 7) is 5.77. The summed E-state index contributed by atoms with van der Waals surface area (Å²) in [6, 6.07) is 9.45. The fourth-order valence-corrected chi connectivity index (χ4v) is 3.87. The zero-order chi connectivity index (χ0) is 14.1. The van der Waals surface area contributed by atoms with E-state index in [9.17, 15) is 0 Å². The van der Waals surface area contributed by atoms with Gasteiger partial charge in [0.05, 0.1) is 6.61 Å². The molecule has 3 nitrogen and oxygen atoms in total. The van der Waals surface area contributed by atoms with E-state index in [1.165, 1.54) is 57.4 Å². The second-order valence-corrected chi connectivity index (χ2v) is 6.92. The van der Waals surface area contributed by atoms with Crippen molar-refractivity contribution in [3.63, 3.8) is 0 Å². The van der Waals surface area contributed by atoms with E-state index >= 15 is 0 Å². The van der Waals surface area contributed by atoms with Gasteiger partial charge in [0.15, 0.2) is 0 Å². The lowest BCUT2D eigenvalue weighted by Crippen LogP contribution is -2.39. The Morgan fingerprint density at radius 1 is 1.05 bits per heavy atom. The third-order valence-electron chi connectivity index (χ3n) is 5.27. The number of benzene rings is 1. The molecular weight excluding hydrogens is 260 g/mol. The quantitative estimate of drug-likeness (QED) is 0.900. The molecule has 1 unspecified atom stereocenters. The number of piperidine rings is 1. The average molecular weight is 286 g/mol. The predicted molar refractivity (Wildman–Crippen MR) is 84.9 cm³/mol. The first-order valence-corrected chi connectivity index (χ1v) is 8.56. The molecule has 1 saturated heterocycles. The molecule has 2 fully saturated rings. The van der Waals surface area contributed by atoms with Gasteiger partial charge in [-0.1, -0.05) is 18.2 Å². The van der Waals surface area contributed by atoms with Crippen LogP contribution in [0.2, 0.25) is 0 Å². The number of para-hydroxylation sites is 1. The zero-order valence-corrected chi connectivity index (χ0v) is 12.8. The van der Waals surface area contributed by atoms with Gasteiger partial charge in [-0.05, 0) is 50.8 Å². The maximum atomic E-state index is 5.87. The lowest BCUT2D eigenvalue weighted by molar-refractivity contribution is 0.178. The van der Waals surface area contributed by atoms with Gasteiger partial charge >= 0.3 is 0 Å². The maximum absolute atomic E-state index is 5.87. The minimum Gasteiger partial charge on any atom is -0.493 e. The zero-order valence-electron chi connectivity index (χ0n) is 12.8. The van der Waals surface area contributed by atoms with Crippen LogP contribution in [0.1, 0.15) is 37.2 Å². The third-order valence-corrected chi connectivity index (χ3v) is 5.27. The van der Waals surface area contributed by atoms with Crippen LogP contribution in [0.5, 0.6) is 5.75 Å². The Morgan fingerprint density at radius 2 is 1.86 bits per heavy atom. The molecule has 1 saturated carbocycles. The second-order valence-electron chi connectivity index (χ2n) is 6.92. The van der Waals surface area contributed by atoms with Gasteiger partial charge in [0, 0.05) is 30.6 Å². The summed E-state index contributed by atoms with van der Waals surface area (Å²) in [5.41, 5.74) is 1.42. The Bertz CT molecular complexity index is 480. The topological polar surface area (TPSA) is 24.5 Å². The van der Waals surface area contributed by atoms with Crippen LogP contribution in [0.4, 0.5) is 0 Å². The van der Waals surface area contributed by atoms with E-state index in [2.05, 4.69) is 34.5 Å². The van der Waals surface area contributed by atoms with Crippen molar-refractivity contribution in [2.45, 2.75) is 37.6 Å². The van der Waals surface area contributed by atoms with E-state index in [-0.39, 0.29) is 0 Å². The molecule has 4 rings (SSSR count). The predicted octanol–water partition coefficient (Wildman–Crippen LogP) is 2.63. The van der Waals surface area contributed by atoms with Gasteiger partial charge in [-0.2, -0.15) is 0 Å². The average Bonchev–Trinajstić information content (AvgIpc) is 3.30. The number of ether oxygens (including phenoxy) is 1. The smallest absolute Gasteiger partial charge is 0.122 e. The molecule has 2 aliphatic heterocycles. The number of rotatable bonds is 5. The molecule has 1 aliphatic carbocycles.